The Morgan fingerprint density at radius 2 is 2.00 bits per heavy atom. The van der Waals surface area contributed by atoms with Crippen molar-refractivity contribution in [2.24, 2.45) is 0 Å². The molecule has 0 spiro atoms. The Hall–Kier alpha value is -0.830. The van der Waals surface area contributed by atoms with Crippen molar-refractivity contribution in [3.8, 4) is 0 Å². The second-order valence-electron chi connectivity index (χ2n) is 5.58. The minimum absolute atomic E-state index is 0.358. The van der Waals surface area contributed by atoms with E-state index < -0.39 is 0 Å². The molecule has 94 valence electrons. The summed E-state index contributed by atoms with van der Waals surface area (Å²) < 4.78 is 0. The van der Waals surface area contributed by atoms with Crippen molar-refractivity contribution in [3.05, 3.63) is 12.2 Å². The maximum absolute atomic E-state index is 12.2. The lowest BCUT2D eigenvalue weighted by molar-refractivity contribution is -0.133. The fraction of sp³-hybridized carbons (Fsp3) is 0.786. The molecule has 2 bridgehead atoms. The number of hydrogen-bond donors (Lipinski definition) is 0. The van der Waals surface area contributed by atoms with Gasteiger partial charge in [-0.2, -0.15) is 0 Å². The van der Waals surface area contributed by atoms with E-state index in [9.17, 15) is 4.79 Å². The molecular weight excluding hydrogens is 212 g/mol. The minimum Gasteiger partial charge on any atom is -0.342 e. The first-order valence-electron chi connectivity index (χ1n) is 7.05. The van der Waals surface area contributed by atoms with Gasteiger partial charge in [-0.1, -0.05) is 12.2 Å². The Bertz CT molecular complexity index is 320. The van der Waals surface area contributed by atoms with E-state index in [1.54, 1.807) is 0 Å². The van der Waals surface area contributed by atoms with Crippen molar-refractivity contribution < 1.29 is 4.79 Å². The smallest absolute Gasteiger partial charge is 0.236 e. The lowest BCUT2D eigenvalue weighted by atomic mass is 10.1. The molecule has 0 aromatic carbocycles. The second kappa shape index (κ2) is 4.81. The molecule has 3 nitrogen and oxygen atoms in total. The molecule has 3 aliphatic rings. The molecule has 3 aliphatic heterocycles. The van der Waals surface area contributed by atoms with Gasteiger partial charge < -0.3 is 4.90 Å². The molecule has 0 aromatic rings. The molecule has 3 heterocycles. The van der Waals surface area contributed by atoms with Gasteiger partial charge in [-0.15, -0.1) is 0 Å². The Morgan fingerprint density at radius 1 is 1.18 bits per heavy atom. The van der Waals surface area contributed by atoms with E-state index in [-0.39, 0.29) is 0 Å². The van der Waals surface area contributed by atoms with Crippen molar-refractivity contribution in [2.45, 2.75) is 50.6 Å². The van der Waals surface area contributed by atoms with Crippen LogP contribution in [-0.2, 0) is 4.79 Å². The summed E-state index contributed by atoms with van der Waals surface area (Å²) in [7, 11) is 0. The zero-order valence-corrected chi connectivity index (χ0v) is 10.5. The van der Waals surface area contributed by atoms with Crippen LogP contribution in [0.1, 0.15) is 38.5 Å². The third-order valence-electron chi connectivity index (χ3n) is 4.48. The van der Waals surface area contributed by atoms with Crippen LogP contribution in [0.25, 0.3) is 0 Å². The molecule has 0 radical (unpaired) electrons. The summed E-state index contributed by atoms with van der Waals surface area (Å²) >= 11 is 0. The number of rotatable bonds is 2. The van der Waals surface area contributed by atoms with E-state index in [4.69, 9.17) is 0 Å². The molecule has 3 rings (SSSR count). The van der Waals surface area contributed by atoms with E-state index in [1.165, 1.54) is 32.1 Å². The highest BCUT2D eigenvalue weighted by Crippen LogP contribution is 2.31. The molecule has 2 saturated heterocycles. The van der Waals surface area contributed by atoms with Crippen LogP contribution in [0, 0.1) is 0 Å². The first kappa shape index (κ1) is 11.3. The van der Waals surface area contributed by atoms with Crippen LogP contribution < -0.4 is 0 Å². The summed E-state index contributed by atoms with van der Waals surface area (Å²) in [5.74, 6) is 0.358. The Labute approximate surface area is 103 Å². The highest BCUT2D eigenvalue weighted by Gasteiger charge is 2.35. The molecule has 2 fully saturated rings. The first-order valence-corrected chi connectivity index (χ1v) is 7.05. The van der Waals surface area contributed by atoms with E-state index in [1.807, 2.05) is 0 Å². The van der Waals surface area contributed by atoms with Gasteiger partial charge in [0.2, 0.25) is 5.91 Å². The van der Waals surface area contributed by atoms with Crippen LogP contribution in [0.15, 0.2) is 12.2 Å². The van der Waals surface area contributed by atoms with E-state index in [0.717, 1.165) is 19.5 Å². The highest BCUT2D eigenvalue weighted by atomic mass is 16.2. The van der Waals surface area contributed by atoms with Crippen LogP contribution in [0.2, 0.25) is 0 Å². The average Bonchev–Trinajstić information content (AvgIpc) is 2.62. The van der Waals surface area contributed by atoms with Gasteiger partial charge in [-0.05, 0) is 38.5 Å². The van der Waals surface area contributed by atoms with Crippen molar-refractivity contribution in [1.82, 2.24) is 9.80 Å². The van der Waals surface area contributed by atoms with Gasteiger partial charge in [0, 0.05) is 25.2 Å². The number of nitrogens with zero attached hydrogens (tertiary/aromatic N) is 2. The predicted molar refractivity (Wildman–Crippen MR) is 67.7 cm³/mol. The largest absolute Gasteiger partial charge is 0.342 e. The normalized spacial score (nSPS) is 33.1. The summed E-state index contributed by atoms with van der Waals surface area (Å²) in [6, 6.07) is 1.18. The number of carbonyl (C=O) groups is 1. The molecule has 3 heteroatoms. The fourth-order valence-electron chi connectivity index (χ4n) is 3.46. The Morgan fingerprint density at radius 3 is 2.76 bits per heavy atom. The molecule has 0 N–H and O–H groups in total. The summed E-state index contributed by atoms with van der Waals surface area (Å²) in [6.45, 7) is 2.62. The Balaban J connectivity index is 1.59. The number of likely N-dealkylation sites (tertiary alicyclic amines) is 1. The molecule has 0 saturated carbocycles. The van der Waals surface area contributed by atoms with Crippen LogP contribution in [0.5, 0.6) is 0 Å². The van der Waals surface area contributed by atoms with Crippen molar-refractivity contribution in [2.75, 3.05) is 19.6 Å². The van der Waals surface area contributed by atoms with Gasteiger partial charge in [0.25, 0.3) is 0 Å². The molecule has 2 atom stereocenters. The van der Waals surface area contributed by atoms with Gasteiger partial charge in [0.15, 0.2) is 0 Å². The standard InChI is InChI=1S/C14H22N2O/c17-14(15-9-2-1-3-10-15)11-16-12-5-4-6-13(16)8-7-12/h4-5,12-13H,1-3,6-11H2. The number of piperidine rings is 1. The highest BCUT2D eigenvalue weighted by molar-refractivity contribution is 5.78. The molecule has 17 heavy (non-hydrogen) atoms. The van der Waals surface area contributed by atoms with Crippen LogP contribution in [0.4, 0.5) is 0 Å². The van der Waals surface area contributed by atoms with Crippen LogP contribution in [-0.4, -0.2) is 47.4 Å². The van der Waals surface area contributed by atoms with Gasteiger partial charge in [0.1, 0.15) is 0 Å². The van der Waals surface area contributed by atoms with Crippen molar-refractivity contribution >= 4 is 5.91 Å². The summed E-state index contributed by atoms with van der Waals surface area (Å²) in [6.07, 6.45) is 11.9. The number of hydrogen-bond acceptors (Lipinski definition) is 2. The number of amides is 1. The molecular formula is C14H22N2O. The van der Waals surface area contributed by atoms with Crippen LogP contribution in [0.3, 0.4) is 0 Å². The lowest BCUT2D eigenvalue weighted by Gasteiger charge is -2.34. The maximum Gasteiger partial charge on any atom is 0.236 e. The van der Waals surface area contributed by atoms with Gasteiger partial charge in [-0.3, -0.25) is 9.69 Å². The monoisotopic (exact) mass is 234 g/mol. The van der Waals surface area contributed by atoms with Crippen LogP contribution >= 0.6 is 0 Å². The second-order valence-corrected chi connectivity index (χ2v) is 5.58. The SMILES string of the molecule is O=C(CN1C2C=CCC1CC2)N1CCCCC1. The summed E-state index contributed by atoms with van der Waals surface area (Å²) in [5.41, 5.74) is 0. The minimum atomic E-state index is 0.358. The van der Waals surface area contributed by atoms with Gasteiger partial charge in [-0.25, -0.2) is 0 Å². The fourth-order valence-corrected chi connectivity index (χ4v) is 3.46. The molecule has 0 aromatic heterocycles. The molecule has 0 aliphatic carbocycles. The predicted octanol–water partition coefficient (Wildman–Crippen LogP) is 1.79. The molecule has 2 unspecified atom stereocenters. The van der Waals surface area contributed by atoms with Crippen molar-refractivity contribution in [1.29, 1.82) is 0 Å². The summed E-state index contributed by atoms with van der Waals surface area (Å²) in [5, 5.41) is 0. The topological polar surface area (TPSA) is 23.6 Å². The Kier molecular flexibility index (Phi) is 3.19. The third kappa shape index (κ3) is 2.25. The zero-order chi connectivity index (χ0) is 11.7. The third-order valence-corrected chi connectivity index (χ3v) is 4.48. The van der Waals surface area contributed by atoms with Gasteiger partial charge in [0.05, 0.1) is 6.54 Å². The summed E-state index contributed by atoms with van der Waals surface area (Å²) in [4.78, 5) is 16.7. The number of fused-ring (bicyclic) bond motifs is 2. The van der Waals surface area contributed by atoms with Crippen molar-refractivity contribution in [3.63, 3.8) is 0 Å². The maximum atomic E-state index is 12.2. The van der Waals surface area contributed by atoms with E-state index in [2.05, 4.69) is 22.0 Å². The average molecular weight is 234 g/mol. The lowest BCUT2D eigenvalue weighted by Crippen LogP contribution is -2.47. The quantitative estimate of drug-likeness (QED) is 0.680. The number of carbonyl (C=O) groups excluding carboxylic acids is 1. The molecule has 1 amide bonds. The zero-order valence-electron chi connectivity index (χ0n) is 10.5. The van der Waals surface area contributed by atoms with E-state index in [0.29, 0.717) is 24.5 Å². The van der Waals surface area contributed by atoms with E-state index >= 15 is 0 Å². The first-order chi connectivity index (χ1) is 8.34. The van der Waals surface area contributed by atoms with Gasteiger partial charge >= 0.3 is 0 Å².